The standard InChI is InChI=1S/C10H10Cl2F3NO/c11-5-7-4-9(16-6-8(7)12)17-3-1-2-10(13,14)15/h4,6H,1-3,5H2. The lowest BCUT2D eigenvalue weighted by atomic mass is 10.3. The van der Waals surface area contributed by atoms with Crippen molar-refractivity contribution in [3.05, 3.63) is 22.8 Å². The fraction of sp³-hybridized carbons (Fsp3) is 0.500. The molecule has 0 atom stereocenters. The zero-order valence-electron chi connectivity index (χ0n) is 8.73. The van der Waals surface area contributed by atoms with Crippen molar-refractivity contribution in [1.82, 2.24) is 4.98 Å². The van der Waals surface area contributed by atoms with Crippen LogP contribution < -0.4 is 4.74 Å². The molecule has 0 aliphatic rings. The predicted molar refractivity (Wildman–Crippen MR) is 59.6 cm³/mol. The second kappa shape index (κ2) is 6.31. The van der Waals surface area contributed by atoms with Crippen LogP contribution in [0.4, 0.5) is 13.2 Å². The van der Waals surface area contributed by atoms with Crippen molar-refractivity contribution in [1.29, 1.82) is 0 Å². The Kier molecular flexibility index (Phi) is 5.33. The fourth-order valence-electron chi connectivity index (χ4n) is 1.09. The van der Waals surface area contributed by atoms with Crippen LogP contribution in [0.25, 0.3) is 0 Å². The topological polar surface area (TPSA) is 22.1 Å². The van der Waals surface area contributed by atoms with E-state index in [0.29, 0.717) is 10.6 Å². The highest BCUT2D eigenvalue weighted by Crippen LogP contribution is 2.23. The Hall–Kier alpha value is -0.680. The van der Waals surface area contributed by atoms with E-state index >= 15 is 0 Å². The van der Waals surface area contributed by atoms with Gasteiger partial charge in [0, 0.05) is 24.6 Å². The van der Waals surface area contributed by atoms with Crippen LogP contribution in [0.5, 0.6) is 5.88 Å². The van der Waals surface area contributed by atoms with Crippen molar-refractivity contribution in [2.75, 3.05) is 6.61 Å². The molecule has 0 unspecified atom stereocenters. The molecule has 0 aromatic carbocycles. The first kappa shape index (κ1) is 14.4. The maximum Gasteiger partial charge on any atom is 0.389 e. The first-order valence-corrected chi connectivity index (χ1v) is 5.73. The number of ether oxygens (including phenoxy) is 1. The Bertz CT molecular complexity index is 371. The molecule has 0 N–H and O–H groups in total. The SMILES string of the molecule is FC(F)(F)CCCOc1cc(CCl)c(Cl)cn1. The minimum atomic E-state index is -4.15. The Labute approximate surface area is 107 Å². The number of aromatic nitrogens is 1. The molecule has 0 amide bonds. The maximum atomic E-state index is 11.8. The fourth-order valence-corrected chi connectivity index (χ4v) is 1.55. The van der Waals surface area contributed by atoms with E-state index in [2.05, 4.69) is 4.98 Å². The molecule has 1 heterocycles. The molecule has 2 nitrogen and oxygen atoms in total. The van der Waals surface area contributed by atoms with E-state index in [1.807, 2.05) is 0 Å². The molecule has 1 rings (SSSR count). The number of hydrogen-bond donors (Lipinski definition) is 0. The average molecular weight is 288 g/mol. The van der Waals surface area contributed by atoms with Gasteiger partial charge >= 0.3 is 6.18 Å². The summed E-state index contributed by atoms with van der Waals surface area (Å²) in [4.78, 5) is 3.83. The van der Waals surface area contributed by atoms with Crippen LogP contribution in [0, 0.1) is 0 Å². The van der Waals surface area contributed by atoms with Gasteiger partial charge in [0.2, 0.25) is 5.88 Å². The van der Waals surface area contributed by atoms with Gasteiger partial charge in [0.15, 0.2) is 0 Å². The Morgan fingerprint density at radius 1 is 1.35 bits per heavy atom. The second-order valence-electron chi connectivity index (χ2n) is 3.31. The van der Waals surface area contributed by atoms with Gasteiger partial charge in [-0.15, -0.1) is 11.6 Å². The molecule has 17 heavy (non-hydrogen) atoms. The first-order valence-electron chi connectivity index (χ1n) is 4.82. The van der Waals surface area contributed by atoms with E-state index in [1.165, 1.54) is 12.3 Å². The third kappa shape index (κ3) is 5.46. The number of alkyl halides is 4. The molecule has 0 bridgehead atoms. The molecule has 0 radical (unpaired) electrons. The zero-order valence-corrected chi connectivity index (χ0v) is 10.2. The van der Waals surface area contributed by atoms with E-state index in [-0.39, 0.29) is 24.8 Å². The van der Waals surface area contributed by atoms with E-state index in [4.69, 9.17) is 27.9 Å². The molecule has 7 heteroatoms. The summed E-state index contributed by atoms with van der Waals surface area (Å²) in [7, 11) is 0. The van der Waals surface area contributed by atoms with Crippen LogP contribution in [0.1, 0.15) is 18.4 Å². The number of nitrogens with zero attached hydrogens (tertiary/aromatic N) is 1. The van der Waals surface area contributed by atoms with E-state index in [9.17, 15) is 13.2 Å². The van der Waals surface area contributed by atoms with Gasteiger partial charge in [-0.25, -0.2) is 4.98 Å². The number of halogens is 5. The van der Waals surface area contributed by atoms with Crippen molar-refractivity contribution in [3.8, 4) is 5.88 Å². The van der Waals surface area contributed by atoms with Crippen molar-refractivity contribution < 1.29 is 17.9 Å². The van der Waals surface area contributed by atoms with Crippen LogP contribution in [-0.2, 0) is 5.88 Å². The number of pyridine rings is 1. The molecule has 0 fully saturated rings. The summed E-state index contributed by atoms with van der Waals surface area (Å²) in [6.07, 6.45) is -3.77. The van der Waals surface area contributed by atoms with E-state index in [0.717, 1.165) is 0 Å². The van der Waals surface area contributed by atoms with Gasteiger partial charge in [-0.1, -0.05) is 11.6 Å². The van der Waals surface area contributed by atoms with Crippen LogP contribution in [-0.4, -0.2) is 17.8 Å². The van der Waals surface area contributed by atoms with Gasteiger partial charge in [-0.05, 0) is 12.0 Å². The van der Waals surface area contributed by atoms with Crippen LogP contribution in [0.15, 0.2) is 12.3 Å². The van der Waals surface area contributed by atoms with Crippen molar-refractivity contribution >= 4 is 23.2 Å². The van der Waals surface area contributed by atoms with Gasteiger partial charge in [0.1, 0.15) is 0 Å². The Morgan fingerprint density at radius 2 is 2.06 bits per heavy atom. The van der Waals surface area contributed by atoms with Gasteiger partial charge < -0.3 is 4.74 Å². The highest BCUT2D eigenvalue weighted by Gasteiger charge is 2.26. The molecule has 0 aliphatic heterocycles. The molecular formula is C10H10Cl2F3NO. The zero-order chi connectivity index (χ0) is 12.9. The molecule has 0 saturated carbocycles. The third-order valence-corrected chi connectivity index (χ3v) is 2.54. The summed E-state index contributed by atoms with van der Waals surface area (Å²) in [5.41, 5.74) is 0.633. The summed E-state index contributed by atoms with van der Waals surface area (Å²) in [6.45, 7) is -0.0458. The molecule has 96 valence electrons. The smallest absolute Gasteiger partial charge is 0.389 e. The van der Waals surface area contributed by atoms with Crippen LogP contribution >= 0.6 is 23.2 Å². The van der Waals surface area contributed by atoms with E-state index < -0.39 is 12.6 Å². The Morgan fingerprint density at radius 3 is 2.65 bits per heavy atom. The summed E-state index contributed by atoms with van der Waals surface area (Å²) < 4.78 is 40.6. The molecule has 0 saturated heterocycles. The minimum Gasteiger partial charge on any atom is -0.478 e. The maximum absolute atomic E-state index is 11.8. The van der Waals surface area contributed by atoms with Crippen molar-refractivity contribution in [2.45, 2.75) is 24.9 Å². The monoisotopic (exact) mass is 287 g/mol. The molecule has 0 spiro atoms. The number of rotatable bonds is 5. The summed E-state index contributed by atoms with van der Waals surface area (Å²) in [5, 5.41) is 0.405. The average Bonchev–Trinajstić information content (AvgIpc) is 2.25. The van der Waals surface area contributed by atoms with Gasteiger partial charge in [0.05, 0.1) is 11.6 Å². The number of hydrogen-bond acceptors (Lipinski definition) is 2. The predicted octanol–water partition coefficient (Wildman–Crippen LogP) is 4.20. The quantitative estimate of drug-likeness (QED) is 0.598. The van der Waals surface area contributed by atoms with Crippen LogP contribution in [0.3, 0.4) is 0 Å². The lowest BCUT2D eigenvalue weighted by molar-refractivity contribution is -0.136. The highest BCUT2D eigenvalue weighted by molar-refractivity contribution is 6.32. The summed E-state index contributed by atoms with van der Waals surface area (Å²) in [5.74, 6) is 0.424. The Balaban J connectivity index is 2.42. The minimum absolute atomic E-state index is 0.0458. The summed E-state index contributed by atoms with van der Waals surface area (Å²) >= 11 is 11.4. The highest BCUT2D eigenvalue weighted by atomic mass is 35.5. The molecular weight excluding hydrogens is 278 g/mol. The van der Waals surface area contributed by atoms with Crippen LogP contribution in [0.2, 0.25) is 5.02 Å². The largest absolute Gasteiger partial charge is 0.478 e. The van der Waals surface area contributed by atoms with E-state index in [1.54, 1.807) is 0 Å². The van der Waals surface area contributed by atoms with Crippen molar-refractivity contribution in [3.63, 3.8) is 0 Å². The lowest BCUT2D eigenvalue weighted by Crippen LogP contribution is -2.10. The molecule has 1 aromatic heterocycles. The van der Waals surface area contributed by atoms with Gasteiger partial charge in [-0.2, -0.15) is 13.2 Å². The summed E-state index contributed by atoms with van der Waals surface area (Å²) in [6, 6.07) is 1.52. The van der Waals surface area contributed by atoms with Gasteiger partial charge in [0.25, 0.3) is 0 Å². The first-order chi connectivity index (χ1) is 7.92. The van der Waals surface area contributed by atoms with Crippen molar-refractivity contribution in [2.24, 2.45) is 0 Å². The van der Waals surface area contributed by atoms with Gasteiger partial charge in [-0.3, -0.25) is 0 Å². The molecule has 1 aromatic rings. The lowest BCUT2D eigenvalue weighted by Gasteiger charge is -2.08. The molecule has 0 aliphatic carbocycles. The third-order valence-electron chi connectivity index (χ3n) is 1.91. The second-order valence-corrected chi connectivity index (χ2v) is 3.99. The normalized spacial score (nSPS) is 11.6.